The average Bonchev–Trinajstić information content (AvgIpc) is 1.99. The largest absolute Gasteiger partial charge is 0.368 e. The summed E-state index contributed by atoms with van der Waals surface area (Å²) in [6, 6.07) is 0. The van der Waals surface area contributed by atoms with E-state index in [0.29, 0.717) is 17.7 Å². The highest BCUT2D eigenvalue weighted by atomic mass is 15.1. The van der Waals surface area contributed by atoms with Crippen LogP contribution in [0.3, 0.4) is 0 Å². The normalized spacial score (nSPS) is 10.8. The Morgan fingerprint density at radius 2 is 1.92 bits per heavy atom. The van der Waals surface area contributed by atoms with Gasteiger partial charge in [0.25, 0.3) is 0 Å². The van der Waals surface area contributed by atoms with Gasteiger partial charge in [0.05, 0.1) is 0 Å². The molecule has 0 radical (unpaired) electrons. The van der Waals surface area contributed by atoms with Gasteiger partial charge in [0.2, 0.25) is 5.95 Å². The Morgan fingerprint density at radius 1 is 1.23 bits per heavy atom. The van der Waals surface area contributed by atoms with Gasteiger partial charge in [-0.3, -0.25) is 0 Å². The van der Waals surface area contributed by atoms with Crippen molar-refractivity contribution in [3.05, 3.63) is 11.6 Å². The first-order valence-electron chi connectivity index (χ1n) is 4.55. The van der Waals surface area contributed by atoms with Crippen LogP contribution in [0.2, 0.25) is 0 Å². The molecule has 0 spiro atoms. The minimum Gasteiger partial charge on any atom is -0.368 e. The summed E-state index contributed by atoms with van der Waals surface area (Å²) < 4.78 is 0. The van der Waals surface area contributed by atoms with Crippen LogP contribution in [0.15, 0.2) is 0 Å². The first kappa shape index (κ1) is 9.89. The molecule has 1 rings (SSSR count). The molecule has 1 aromatic rings. The monoisotopic (exact) mass is 180 g/mol. The van der Waals surface area contributed by atoms with Crippen molar-refractivity contribution in [2.24, 2.45) is 5.92 Å². The molecule has 0 atom stereocenters. The van der Waals surface area contributed by atoms with Crippen molar-refractivity contribution >= 4 is 5.95 Å². The molecule has 0 unspecified atom stereocenters. The smallest absolute Gasteiger partial charge is 0.223 e. The Bertz CT molecular complexity index is 263. The summed E-state index contributed by atoms with van der Waals surface area (Å²) in [5, 5.41) is 0. The van der Waals surface area contributed by atoms with Crippen LogP contribution >= 0.6 is 0 Å². The van der Waals surface area contributed by atoms with Crippen LogP contribution in [0.25, 0.3) is 0 Å². The van der Waals surface area contributed by atoms with Crippen molar-refractivity contribution in [1.82, 2.24) is 15.0 Å². The van der Waals surface area contributed by atoms with Crippen LogP contribution in [0.5, 0.6) is 0 Å². The van der Waals surface area contributed by atoms with Crippen molar-refractivity contribution in [3.8, 4) is 0 Å². The van der Waals surface area contributed by atoms with Crippen molar-refractivity contribution in [3.63, 3.8) is 0 Å². The Labute approximate surface area is 78.6 Å². The predicted octanol–water partition coefficient (Wildman–Crippen LogP) is 1.35. The third-order valence-electron chi connectivity index (χ3n) is 1.76. The van der Waals surface area contributed by atoms with Crippen LogP contribution in [-0.4, -0.2) is 15.0 Å². The molecular formula is C9H16N4. The van der Waals surface area contributed by atoms with Gasteiger partial charge in [-0.15, -0.1) is 0 Å². The summed E-state index contributed by atoms with van der Waals surface area (Å²) in [4.78, 5) is 12.2. The lowest BCUT2D eigenvalue weighted by atomic mass is 10.1. The Morgan fingerprint density at radius 3 is 2.46 bits per heavy atom. The highest BCUT2D eigenvalue weighted by Gasteiger charge is 2.02. The lowest BCUT2D eigenvalue weighted by molar-refractivity contribution is 0.573. The third kappa shape index (κ3) is 3.36. The van der Waals surface area contributed by atoms with E-state index in [1.807, 2.05) is 6.92 Å². The predicted molar refractivity (Wildman–Crippen MR) is 52.1 cm³/mol. The standard InChI is InChI=1S/C9H16N4/c1-6(2)4-5-8-11-7(3)12-9(10)13-8/h6H,4-5H2,1-3H3,(H2,10,11,12,13). The second-order valence-corrected chi connectivity index (χ2v) is 3.59. The summed E-state index contributed by atoms with van der Waals surface area (Å²) in [5.74, 6) is 2.49. The van der Waals surface area contributed by atoms with E-state index in [2.05, 4.69) is 28.8 Å². The first-order valence-corrected chi connectivity index (χ1v) is 4.55. The summed E-state index contributed by atoms with van der Waals surface area (Å²) in [5.41, 5.74) is 5.50. The number of aromatic nitrogens is 3. The van der Waals surface area contributed by atoms with Crippen molar-refractivity contribution in [1.29, 1.82) is 0 Å². The van der Waals surface area contributed by atoms with Gasteiger partial charge < -0.3 is 5.73 Å². The van der Waals surface area contributed by atoms with E-state index in [-0.39, 0.29) is 0 Å². The Balaban J connectivity index is 2.66. The van der Waals surface area contributed by atoms with Gasteiger partial charge in [-0.2, -0.15) is 9.97 Å². The van der Waals surface area contributed by atoms with Gasteiger partial charge in [0, 0.05) is 6.42 Å². The zero-order valence-corrected chi connectivity index (χ0v) is 8.41. The molecule has 0 aromatic carbocycles. The summed E-state index contributed by atoms with van der Waals surface area (Å²) in [6.07, 6.45) is 1.97. The molecule has 1 heterocycles. The Kier molecular flexibility index (Phi) is 3.17. The van der Waals surface area contributed by atoms with Crippen LogP contribution in [0.4, 0.5) is 5.95 Å². The third-order valence-corrected chi connectivity index (χ3v) is 1.76. The Hall–Kier alpha value is -1.19. The zero-order valence-electron chi connectivity index (χ0n) is 8.41. The second kappa shape index (κ2) is 4.16. The number of hydrogen-bond acceptors (Lipinski definition) is 4. The number of rotatable bonds is 3. The van der Waals surface area contributed by atoms with E-state index in [1.54, 1.807) is 0 Å². The van der Waals surface area contributed by atoms with E-state index in [1.165, 1.54) is 0 Å². The molecule has 2 N–H and O–H groups in total. The molecular weight excluding hydrogens is 164 g/mol. The highest BCUT2D eigenvalue weighted by molar-refractivity contribution is 5.15. The topological polar surface area (TPSA) is 64.7 Å². The summed E-state index contributed by atoms with van der Waals surface area (Å²) in [6.45, 7) is 6.19. The van der Waals surface area contributed by atoms with Gasteiger partial charge in [0.15, 0.2) is 0 Å². The van der Waals surface area contributed by atoms with Crippen LogP contribution in [0, 0.1) is 12.8 Å². The van der Waals surface area contributed by atoms with Crippen LogP contribution in [-0.2, 0) is 6.42 Å². The van der Waals surface area contributed by atoms with Crippen LogP contribution < -0.4 is 5.73 Å². The van der Waals surface area contributed by atoms with Gasteiger partial charge in [-0.1, -0.05) is 13.8 Å². The number of nitrogen functional groups attached to an aromatic ring is 1. The fraction of sp³-hybridized carbons (Fsp3) is 0.667. The van der Waals surface area contributed by atoms with Gasteiger partial charge in [-0.25, -0.2) is 4.98 Å². The van der Waals surface area contributed by atoms with Crippen LogP contribution in [0.1, 0.15) is 31.9 Å². The minimum absolute atomic E-state index is 0.325. The molecule has 0 saturated carbocycles. The van der Waals surface area contributed by atoms with E-state index in [4.69, 9.17) is 5.73 Å². The molecule has 0 amide bonds. The molecule has 0 aliphatic heterocycles. The lowest BCUT2D eigenvalue weighted by Crippen LogP contribution is -2.05. The molecule has 13 heavy (non-hydrogen) atoms. The lowest BCUT2D eigenvalue weighted by Gasteiger charge is -2.04. The number of nitrogens with two attached hydrogens (primary N) is 1. The molecule has 72 valence electrons. The second-order valence-electron chi connectivity index (χ2n) is 3.59. The molecule has 0 aliphatic rings. The number of aryl methyl sites for hydroxylation is 2. The van der Waals surface area contributed by atoms with Crippen molar-refractivity contribution < 1.29 is 0 Å². The SMILES string of the molecule is Cc1nc(N)nc(CCC(C)C)n1. The average molecular weight is 180 g/mol. The first-order chi connectivity index (χ1) is 6.08. The van der Waals surface area contributed by atoms with Gasteiger partial charge >= 0.3 is 0 Å². The van der Waals surface area contributed by atoms with Gasteiger partial charge in [-0.05, 0) is 19.3 Å². The minimum atomic E-state index is 0.325. The van der Waals surface area contributed by atoms with Gasteiger partial charge in [0.1, 0.15) is 11.6 Å². The molecule has 4 heteroatoms. The van der Waals surface area contributed by atoms with E-state index in [0.717, 1.165) is 18.7 Å². The highest BCUT2D eigenvalue weighted by Crippen LogP contribution is 2.05. The fourth-order valence-electron chi connectivity index (χ4n) is 1.09. The summed E-state index contributed by atoms with van der Waals surface area (Å²) >= 11 is 0. The zero-order chi connectivity index (χ0) is 9.84. The van der Waals surface area contributed by atoms with E-state index >= 15 is 0 Å². The molecule has 1 aromatic heterocycles. The molecule has 4 nitrogen and oxygen atoms in total. The van der Waals surface area contributed by atoms with E-state index in [9.17, 15) is 0 Å². The van der Waals surface area contributed by atoms with Crippen molar-refractivity contribution in [2.75, 3.05) is 5.73 Å². The fourth-order valence-corrected chi connectivity index (χ4v) is 1.09. The van der Waals surface area contributed by atoms with E-state index < -0.39 is 0 Å². The maximum absolute atomic E-state index is 5.50. The quantitative estimate of drug-likeness (QED) is 0.762. The molecule has 0 bridgehead atoms. The summed E-state index contributed by atoms with van der Waals surface area (Å²) in [7, 11) is 0. The maximum atomic E-state index is 5.50. The number of anilines is 1. The molecule has 0 aliphatic carbocycles. The van der Waals surface area contributed by atoms with Crippen molar-refractivity contribution in [2.45, 2.75) is 33.6 Å². The molecule has 0 saturated heterocycles. The number of nitrogens with zero attached hydrogens (tertiary/aromatic N) is 3. The maximum Gasteiger partial charge on any atom is 0.223 e. The number of hydrogen-bond donors (Lipinski definition) is 1. The molecule has 0 fully saturated rings.